The van der Waals surface area contributed by atoms with E-state index in [9.17, 15) is 9.90 Å². The zero-order chi connectivity index (χ0) is 14.7. The van der Waals surface area contributed by atoms with Gasteiger partial charge in [0, 0.05) is 38.4 Å². The number of nitrogens with zero attached hydrogens (tertiary/aromatic N) is 4. The van der Waals surface area contributed by atoms with Crippen molar-refractivity contribution < 1.29 is 9.90 Å². The van der Waals surface area contributed by atoms with Gasteiger partial charge in [0.15, 0.2) is 0 Å². The van der Waals surface area contributed by atoms with E-state index < -0.39 is 5.97 Å². The van der Waals surface area contributed by atoms with E-state index in [1.165, 1.54) is 0 Å². The van der Waals surface area contributed by atoms with Gasteiger partial charge in [0.1, 0.15) is 0 Å². The lowest BCUT2D eigenvalue weighted by Crippen LogP contribution is -2.46. The minimum absolute atomic E-state index is 0.0916. The Bertz CT molecular complexity index is 450. The third-order valence-electron chi connectivity index (χ3n) is 3.94. The Labute approximate surface area is 120 Å². The number of piperazine rings is 1. The summed E-state index contributed by atoms with van der Waals surface area (Å²) in [5.74, 6) is -0.759. The van der Waals surface area contributed by atoms with E-state index in [0.717, 1.165) is 31.9 Å². The molecule has 0 aliphatic carbocycles. The van der Waals surface area contributed by atoms with Gasteiger partial charge in [-0.05, 0) is 20.9 Å². The molecule has 0 spiro atoms. The Balaban J connectivity index is 2.22. The first kappa shape index (κ1) is 15.0. The first-order valence-electron chi connectivity index (χ1n) is 7.15. The van der Waals surface area contributed by atoms with E-state index >= 15 is 0 Å². The van der Waals surface area contributed by atoms with Gasteiger partial charge in [0.05, 0.1) is 24.5 Å². The lowest BCUT2D eigenvalue weighted by atomic mass is 10.1. The van der Waals surface area contributed by atoms with E-state index in [-0.39, 0.29) is 18.5 Å². The molecule has 1 fully saturated rings. The molecule has 0 aromatic carbocycles. The molecule has 0 saturated carbocycles. The Morgan fingerprint density at radius 3 is 2.55 bits per heavy atom. The van der Waals surface area contributed by atoms with Crippen molar-refractivity contribution >= 4 is 5.97 Å². The molecule has 6 heteroatoms. The van der Waals surface area contributed by atoms with Crippen LogP contribution >= 0.6 is 0 Å². The normalized spacial score (nSPS) is 19.4. The standard InChI is InChI=1S/C14H24N4O2/c1-11(2)18-10-15-9-13(18)12(8-14(19)20)17-6-4-16(3)5-7-17/h9-12H,4-8H2,1-3H3,(H,19,20). The quantitative estimate of drug-likeness (QED) is 0.879. The molecule has 1 N–H and O–H groups in total. The molecule has 0 radical (unpaired) electrons. The van der Waals surface area contributed by atoms with Crippen LogP contribution in [0.5, 0.6) is 0 Å². The molecule has 1 aliphatic heterocycles. The number of hydrogen-bond acceptors (Lipinski definition) is 4. The van der Waals surface area contributed by atoms with Crippen molar-refractivity contribution in [2.45, 2.75) is 32.4 Å². The Kier molecular flexibility index (Phi) is 4.77. The molecule has 2 heterocycles. The summed E-state index contributed by atoms with van der Waals surface area (Å²) in [5, 5.41) is 9.23. The predicted molar refractivity (Wildman–Crippen MR) is 76.7 cm³/mol. The van der Waals surface area contributed by atoms with E-state index in [1.54, 1.807) is 6.33 Å². The zero-order valence-corrected chi connectivity index (χ0v) is 12.5. The Morgan fingerprint density at radius 1 is 1.35 bits per heavy atom. The first-order valence-corrected chi connectivity index (χ1v) is 7.15. The Hall–Kier alpha value is -1.40. The molecule has 1 aliphatic rings. The minimum atomic E-state index is -0.759. The summed E-state index contributed by atoms with van der Waals surface area (Å²) in [4.78, 5) is 20.0. The maximum atomic E-state index is 11.2. The van der Waals surface area contributed by atoms with Crippen LogP contribution in [0.15, 0.2) is 12.5 Å². The predicted octanol–water partition coefficient (Wildman–Crippen LogP) is 1.23. The van der Waals surface area contributed by atoms with Crippen LogP contribution in [0, 0.1) is 0 Å². The van der Waals surface area contributed by atoms with Gasteiger partial charge in [-0.15, -0.1) is 0 Å². The number of rotatable bonds is 5. The SMILES string of the molecule is CC(C)n1cncc1C(CC(=O)O)N1CCN(C)CC1. The monoisotopic (exact) mass is 280 g/mol. The lowest BCUT2D eigenvalue weighted by Gasteiger charge is -2.37. The van der Waals surface area contributed by atoms with Gasteiger partial charge < -0.3 is 14.6 Å². The number of likely N-dealkylation sites (N-methyl/N-ethyl adjacent to an activating group) is 1. The summed E-state index contributed by atoms with van der Waals surface area (Å²) in [6.07, 6.45) is 3.74. The first-order chi connectivity index (χ1) is 9.49. The van der Waals surface area contributed by atoms with Crippen molar-refractivity contribution in [3.8, 4) is 0 Å². The van der Waals surface area contributed by atoms with Crippen LogP contribution in [0.4, 0.5) is 0 Å². The third kappa shape index (κ3) is 3.37. The van der Waals surface area contributed by atoms with Gasteiger partial charge in [0.25, 0.3) is 0 Å². The van der Waals surface area contributed by atoms with Gasteiger partial charge in [-0.2, -0.15) is 0 Å². The summed E-state index contributed by atoms with van der Waals surface area (Å²) in [5.41, 5.74) is 1.01. The molecule has 2 rings (SSSR count). The summed E-state index contributed by atoms with van der Waals surface area (Å²) in [7, 11) is 2.10. The summed E-state index contributed by atoms with van der Waals surface area (Å²) >= 11 is 0. The highest BCUT2D eigenvalue weighted by molar-refractivity contribution is 5.67. The highest BCUT2D eigenvalue weighted by Gasteiger charge is 2.28. The fourth-order valence-electron chi connectivity index (χ4n) is 2.72. The second-order valence-electron chi connectivity index (χ2n) is 5.77. The third-order valence-corrected chi connectivity index (χ3v) is 3.94. The largest absolute Gasteiger partial charge is 0.481 e. The summed E-state index contributed by atoms with van der Waals surface area (Å²) in [6, 6.07) is 0.197. The van der Waals surface area contributed by atoms with E-state index in [1.807, 2.05) is 6.20 Å². The van der Waals surface area contributed by atoms with Crippen LogP contribution in [-0.4, -0.2) is 63.7 Å². The molecule has 112 valence electrons. The van der Waals surface area contributed by atoms with Crippen molar-refractivity contribution in [3.05, 3.63) is 18.2 Å². The average molecular weight is 280 g/mol. The van der Waals surface area contributed by atoms with Crippen molar-refractivity contribution in [2.75, 3.05) is 33.2 Å². The van der Waals surface area contributed by atoms with Crippen LogP contribution in [-0.2, 0) is 4.79 Å². The lowest BCUT2D eigenvalue weighted by molar-refractivity contribution is -0.138. The van der Waals surface area contributed by atoms with Crippen molar-refractivity contribution in [2.24, 2.45) is 0 Å². The van der Waals surface area contributed by atoms with Gasteiger partial charge in [-0.25, -0.2) is 4.98 Å². The average Bonchev–Trinajstić information content (AvgIpc) is 2.86. The maximum Gasteiger partial charge on any atom is 0.305 e. The van der Waals surface area contributed by atoms with Crippen molar-refractivity contribution in [3.63, 3.8) is 0 Å². The van der Waals surface area contributed by atoms with Gasteiger partial charge in [-0.1, -0.05) is 0 Å². The van der Waals surface area contributed by atoms with E-state index in [4.69, 9.17) is 0 Å². The van der Waals surface area contributed by atoms with Crippen LogP contribution in [0.1, 0.15) is 38.0 Å². The second-order valence-corrected chi connectivity index (χ2v) is 5.77. The molecule has 6 nitrogen and oxygen atoms in total. The Morgan fingerprint density at radius 2 is 2.00 bits per heavy atom. The maximum absolute atomic E-state index is 11.2. The number of carboxylic acids is 1. The molecular formula is C14H24N4O2. The molecule has 1 aromatic rings. The fourth-order valence-corrected chi connectivity index (χ4v) is 2.72. The van der Waals surface area contributed by atoms with Gasteiger partial charge in [0.2, 0.25) is 0 Å². The fraction of sp³-hybridized carbons (Fsp3) is 0.714. The highest BCUT2D eigenvalue weighted by atomic mass is 16.4. The number of carboxylic acid groups (broad SMARTS) is 1. The molecule has 1 atom stereocenters. The molecule has 0 bridgehead atoms. The number of hydrogen-bond donors (Lipinski definition) is 1. The van der Waals surface area contributed by atoms with Crippen LogP contribution in [0.25, 0.3) is 0 Å². The molecule has 1 unspecified atom stereocenters. The molecule has 1 saturated heterocycles. The summed E-state index contributed by atoms with van der Waals surface area (Å²) < 4.78 is 2.08. The minimum Gasteiger partial charge on any atom is -0.481 e. The number of carbonyl (C=O) groups is 1. The molecule has 0 amide bonds. The molecule has 1 aromatic heterocycles. The number of aromatic nitrogens is 2. The highest BCUT2D eigenvalue weighted by Crippen LogP contribution is 2.27. The molecule has 20 heavy (non-hydrogen) atoms. The van der Waals surface area contributed by atoms with Crippen molar-refractivity contribution in [1.82, 2.24) is 19.4 Å². The topological polar surface area (TPSA) is 61.6 Å². The van der Waals surface area contributed by atoms with Crippen LogP contribution in [0.2, 0.25) is 0 Å². The smallest absolute Gasteiger partial charge is 0.305 e. The number of imidazole rings is 1. The van der Waals surface area contributed by atoms with Crippen LogP contribution in [0.3, 0.4) is 0 Å². The van der Waals surface area contributed by atoms with Gasteiger partial charge >= 0.3 is 5.97 Å². The zero-order valence-electron chi connectivity index (χ0n) is 12.5. The molecular weight excluding hydrogens is 256 g/mol. The van der Waals surface area contributed by atoms with Crippen LogP contribution < -0.4 is 0 Å². The second kappa shape index (κ2) is 6.37. The summed E-state index contributed by atoms with van der Waals surface area (Å²) in [6.45, 7) is 7.94. The van der Waals surface area contributed by atoms with Crippen molar-refractivity contribution in [1.29, 1.82) is 0 Å². The van der Waals surface area contributed by atoms with E-state index in [2.05, 4.69) is 40.2 Å². The number of aliphatic carboxylic acids is 1. The van der Waals surface area contributed by atoms with E-state index in [0.29, 0.717) is 0 Å². The van der Waals surface area contributed by atoms with Gasteiger partial charge in [-0.3, -0.25) is 9.69 Å².